The van der Waals surface area contributed by atoms with Gasteiger partial charge in [0.25, 0.3) is 10.0 Å². The number of sulfonamides is 1. The average molecular weight is 366 g/mol. The first-order valence-corrected chi connectivity index (χ1v) is 9.77. The number of hydrogen-bond acceptors (Lipinski definition) is 4. The summed E-state index contributed by atoms with van der Waals surface area (Å²) in [6.07, 6.45) is 2.02. The maximum absolute atomic E-state index is 13.2. The summed E-state index contributed by atoms with van der Waals surface area (Å²) < 4.78 is 33.0. The van der Waals surface area contributed by atoms with Gasteiger partial charge in [0.2, 0.25) is 0 Å². The van der Waals surface area contributed by atoms with Gasteiger partial charge in [-0.2, -0.15) is 17.9 Å². The van der Waals surface area contributed by atoms with Gasteiger partial charge < -0.3 is 4.42 Å². The Kier molecular flexibility index (Phi) is 4.12. The Hall–Kier alpha value is -2.86. The van der Waals surface area contributed by atoms with Gasteiger partial charge >= 0.3 is 0 Å². The molecule has 1 aliphatic rings. The highest BCUT2D eigenvalue weighted by Crippen LogP contribution is 2.37. The second-order valence-corrected chi connectivity index (χ2v) is 8.04. The number of aryl methyl sites for hydroxylation is 1. The predicted octanol–water partition coefficient (Wildman–Crippen LogP) is 4.13. The Labute approximate surface area is 152 Å². The molecule has 2 heterocycles. The summed E-state index contributed by atoms with van der Waals surface area (Å²) in [5.74, 6) is 0.591. The summed E-state index contributed by atoms with van der Waals surface area (Å²) in [6.45, 7) is 2.00. The Bertz CT molecular complexity index is 1020. The van der Waals surface area contributed by atoms with Gasteiger partial charge in [0, 0.05) is 6.42 Å². The fourth-order valence-electron chi connectivity index (χ4n) is 3.04. The minimum Gasteiger partial charge on any atom is -0.463 e. The van der Waals surface area contributed by atoms with Crippen molar-refractivity contribution in [2.75, 3.05) is 0 Å². The lowest BCUT2D eigenvalue weighted by molar-refractivity contribution is 0.371. The van der Waals surface area contributed by atoms with E-state index in [2.05, 4.69) is 5.10 Å². The van der Waals surface area contributed by atoms with Crippen LogP contribution in [0.2, 0.25) is 0 Å². The number of nitrogens with zero attached hydrogens (tertiary/aromatic N) is 2. The standard InChI is InChI=1S/C20H18N2O3S/c1-15-9-11-16(12-10-15)19-14-18(20-8-5-13-25-20)21-22(19)26(23,24)17-6-3-2-4-7-17/h2-13,19H,14H2,1H3. The fourth-order valence-corrected chi connectivity index (χ4v) is 4.49. The number of rotatable bonds is 4. The van der Waals surface area contributed by atoms with E-state index in [-0.39, 0.29) is 4.90 Å². The SMILES string of the molecule is Cc1ccc(C2CC(c3ccco3)=NN2S(=O)(=O)c2ccccc2)cc1. The molecule has 6 heteroatoms. The van der Waals surface area contributed by atoms with E-state index in [1.165, 1.54) is 4.41 Å². The molecule has 1 aromatic heterocycles. The van der Waals surface area contributed by atoms with Gasteiger partial charge in [0.1, 0.15) is 11.5 Å². The molecule has 2 aromatic carbocycles. The molecule has 0 radical (unpaired) electrons. The summed E-state index contributed by atoms with van der Waals surface area (Å²) in [5, 5.41) is 4.43. The lowest BCUT2D eigenvalue weighted by Crippen LogP contribution is -2.27. The molecule has 132 valence electrons. The van der Waals surface area contributed by atoms with E-state index in [0.717, 1.165) is 11.1 Å². The van der Waals surface area contributed by atoms with Crippen LogP contribution in [0.5, 0.6) is 0 Å². The highest BCUT2D eigenvalue weighted by Gasteiger charge is 2.38. The van der Waals surface area contributed by atoms with Gasteiger partial charge in [-0.1, -0.05) is 48.0 Å². The smallest absolute Gasteiger partial charge is 0.279 e. The lowest BCUT2D eigenvalue weighted by Gasteiger charge is -2.23. The van der Waals surface area contributed by atoms with Gasteiger partial charge in [-0.25, -0.2) is 0 Å². The molecule has 0 fully saturated rings. The van der Waals surface area contributed by atoms with Crippen molar-refractivity contribution in [1.29, 1.82) is 0 Å². The zero-order chi connectivity index (χ0) is 18.1. The molecule has 0 amide bonds. The van der Waals surface area contributed by atoms with Crippen LogP contribution in [-0.4, -0.2) is 18.5 Å². The first-order chi connectivity index (χ1) is 12.6. The second kappa shape index (κ2) is 6.46. The second-order valence-electron chi connectivity index (χ2n) is 6.25. The number of hydrogen-bond donors (Lipinski definition) is 0. The van der Waals surface area contributed by atoms with Crippen LogP contribution in [0.3, 0.4) is 0 Å². The van der Waals surface area contributed by atoms with Gasteiger partial charge in [-0.3, -0.25) is 0 Å². The quantitative estimate of drug-likeness (QED) is 0.697. The third-order valence-corrected chi connectivity index (χ3v) is 6.12. The summed E-state index contributed by atoms with van der Waals surface area (Å²) in [5.41, 5.74) is 2.65. The van der Waals surface area contributed by atoms with Crippen molar-refractivity contribution in [2.24, 2.45) is 5.10 Å². The van der Waals surface area contributed by atoms with E-state index in [0.29, 0.717) is 17.9 Å². The first kappa shape index (κ1) is 16.6. The largest absolute Gasteiger partial charge is 0.463 e. The first-order valence-electron chi connectivity index (χ1n) is 8.33. The fraction of sp³-hybridized carbons (Fsp3) is 0.150. The predicted molar refractivity (Wildman–Crippen MR) is 99.2 cm³/mol. The molecule has 4 rings (SSSR count). The van der Waals surface area contributed by atoms with Crippen LogP contribution >= 0.6 is 0 Å². The van der Waals surface area contributed by atoms with Crippen molar-refractivity contribution in [3.05, 3.63) is 89.9 Å². The van der Waals surface area contributed by atoms with Crippen LogP contribution in [0.4, 0.5) is 0 Å². The molecular formula is C20H18N2O3S. The number of furan rings is 1. The minimum absolute atomic E-state index is 0.224. The highest BCUT2D eigenvalue weighted by molar-refractivity contribution is 7.89. The Balaban J connectivity index is 1.79. The lowest BCUT2D eigenvalue weighted by atomic mass is 10.0. The van der Waals surface area contributed by atoms with E-state index < -0.39 is 16.1 Å². The molecule has 0 saturated heterocycles. The van der Waals surface area contributed by atoms with Crippen LogP contribution in [0.25, 0.3) is 0 Å². The van der Waals surface area contributed by atoms with Crippen molar-refractivity contribution in [3.63, 3.8) is 0 Å². The van der Waals surface area contributed by atoms with Gasteiger partial charge in [-0.15, -0.1) is 0 Å². The molecule has 3 aromatic rings. The van der Waals surface area contributed by atoms with Crippen LogP contribution in [0.15, 0.2) is 87.4 Å². The highest BCUT2D eigenvalue weighted by atomic mass is 32.2. The minimum atomic E-state index is -3.77. The molecule has 0 aliphatic carbocycles. The molecule has 0 spiro atoms. The maximum atomic E-state index is 13.2. The van der Waals surface area contributed by atoms with Gasteiger partial charge in [0.15, 0.2) is 0 Å². The molecule has 26 heavy (non-hydrogen) atoms. The zero-order valence-electron chi connectivity index (χ0n) is 14.2. The van der Waals surface area contributed by atoms with Gasteiger partial charge in [0.05, 0.1) is 17.2 Å². The molecule has 1 unspecified atom stereocenters. The van der Waals surface area contributed by atoms with Gasteiger partial charge in [-0.05, 0) is 36.8 Å². The molecule has 1 aliphatic heterocycles. The molecule has 5 nitrogen and oxygen atoms in total. The summed E-state index contributed by atoms with van der Waals surface area (Å²) >= 11 is 0. The van der Waals surface area contributed by atoms with E-state index in [1.807, 2.05) is 31.2 Å². The van der Waals surface area contributed by atoms with Crippen molar-refractivity contribution in [2.45, 2.75) is 24.3 Å². The van der Waals surface area contributed by atoms with E-state index in [9.17, 15) is 8.42 Å². The van der Waals surface area contributed by atoms with Crippen LogP contribution in [-0.2, 0) is 10.0 Å². The van der Waals surface area contributed by atoms with E-state index >= 15 is 0 Å². The van der Waals surface area contributed by atoms with Crippen LogP contribution in [0, 0.1) is 6.92 Å². The molecule has 1 atom stereocenters. The summed E-state index contributed by atoms with van der Waals surface area (Å²) in [7, 11) is -3.77. The molecular weight excluding hydrogens is 348 g/mol. The van der Waals surface area contributed by atoms with E-state index in [1.54, 1.807) is 48.7 Å². The van der Waals surface area contributed by atoms with Crippen molar-refractivity contribution >= 4 is 15.7 Å². The molecule has 0 N–H and O–H groups in total. The zero-order valence-corrected chi connectivity index (χ0v) is 15.1. The summed E-state index contributed by atoms with van der Waals surface area (Å²) in [6, 6.07) is 19.4. The average Bonchev–Trinajstić information content (AvgIpc) is 3.33. The molecule has 0 bridgehead atoms. The monoisotopic (exact) mass is 366 g/mol. The van der Waals surface area contributed by atoms with Crippen molar-refractivity contribution in [1.82, 2.24) is 4.41 Å². The Morgan fingerprint density at radius 2 is 1.73 bits per heavy atom. The normalized spacial score (nSPS) is 17.3. The number of hydrazone groups is 1. The molecule has 0 saturated carbocycles. The Morgan fingerprint density at radius 1 is 1.00 bits per heavy atom. The number of benzene rings is 2. The maximum Gasteiger partial charge on any atom is 0.279 e. The topological polar surface area (TPSA) is 62.9 Å². The van der Waals surface area contributed by atoms with Crippen molar-refractivity contribution in [3.8, 4) is 0 Å². The Morgan fingerprint density at radius 3 is 2.38 bits per heavy atom. The third-order valence-electron chi connectivity index (χ3n) is 4.43. The van der Waals surface area contributed by atoms with Crippen LogP contribution in [0.1, 0.15) is 29.3 Å². The van der Waals surface area contributed by atoms with E-state index in [4.69, 9.17) is 4.42 Å². The van der Waals surface area contributed by atoms with Crippen LogP contribution < -0.4 is 0 Å². The van der Waals surface area contributed by atoms with Crippen molar-refractivity contribution < 1.29 is 12.8 Å². The third kappa shape index (κ3) is 2.93. The summed E-state index contributed by atoms with van der Waals surface area (Å²) in [4.78, 5) is 0.224.